The highest BCUT2D eigenvalue weighted by Crippen LogP contribution is 2.38. The lowest BCUT2D eigenvalue weighted by atomic mass is 9.85. The molecule has 2 aromatic rings. The second-order valence-electron chi connectivity index (χ2n) is 6.42. The van der Waals surface area contributed by atoms with Crippen molar-refractivity contribution in [2.75, 3.05) is 0 Å². The van der Waals surface area contributed by atoms with Crippen molar-refractivity contribution in [1.29, 1.82) is 0 Å². The molecule has 0 unspecified atom stereocenters. The van der Waals surface area contributed by atoms with Crippen molar-refractivity contribution < 1.29 is 9.53 Å². The van der Waals surface area contributed by atoms with Crippen LogP contribution in [-0.2, 0) is 12.0 Å². The Bertz CT molecular complexity index is 612. The maximum Gasteiger partial charge on any atom is 0.274 e. The van der Waals surface area contributed by atoms with Crippen molar-refractivity contribution in [3.05, 3.63) is 41.5 Å². The van der Waals surface area contributed by atoms with Gasteiger partial charge < -0.3 is 9.53 Å². The van der Waals surface area contributed by atoms with Gasteiger partial charge in [-0.3, -0.25) is 0 Å². The predicted octanol–water partition coefficient (Wildman–Crippen LogP) is 4.26. The first kappa shape index (κ1) is 15.1. The van der Waals surface area contributed by atoms with Gasteiger partial charge in [0, 0.05) is 5.39 Å². The molecule has 2 rings (SSSR count). The van der Waals surface area contributed by atoms with E-state index in [-0.39, 0.29) is 12.0 Å². The molecule has 107 valence electrons. The van der Waals surface area contributed by atoms with E-state index in [1.807, 2.05) is 12.1 Å². The summed E-state index contributed by atoms with van der Waals surface area (Å²) in [5.74, 6) is 0.990. The van der Waals surface area contributed by atoms with Gasteiger partial charge in [-0.05, 0) is 41.1 Å². The smallest absolute Gasteiger partial charge is 0.274 e. The Balaban J connectivity index is 2.74. The average Bonchev–Trinajstić information content (AvgIpc) is 2.36. The van der Waals surface area contributed by atoms with E-state index in [1.54, 1.807) is 0 Å². The standard InChI is InChI=1S/C17H23O2Si/c1-17(2,3)15-9-8-13-7-6-12(11-18)10-14(13)16(15)19-20(4)5/h6-10,18H,11H2,1-5H3. The monoisotopic (exact) mass is 287 g/mol. The molecular formula is C17H23O2Si. The molecule has 2 aromatic carbocycles. The van der Waals surface area contributed by atoms with Gasteiger partial charge in [0.2, 0.25) is 0 Å². The van der Waals surface area contributed by atoms with E-state index in [9.17, 15) is 5.11 Å². The third-order valence-corrected chi connectivity index (χ3v) is 3.95. The van der Waals surface area contributed by atoms with E-state index in [0.29, 0.717) is 0 Å². The van der Waals surface area contributed by atoms with Gasteiger partial charge in [0.05, 0.1) is 6.61 Å². The van der Waals surface area contributed by atoms with Gasteiger partial charge in [0.1, 0.15) is 5.75 Å². The first-order valence-corrected chi connectivity index (χ1v) is 9.38. The summed E-state index contributed by atoms with van der Waals surface area (Å²) in [6, 6.07) is 10.4. The van der Waals surface area contributed by atoms with Crippen LogP contribution in [0.15, 0.2) is 30.3 Å². The average molecular weight is 287 g/mol. The first-order valence-electron chi connectivity index (χ1n) is 6.98. The molecule has 0 aliphatic rings. The van der Waals surface area contributed by atoms with Crippen LogP contribution in [0.2, 0.25) is 13.1 Å². The molecule has 0 bridgehead atoms. The zero-order valence-corrected chi connectivity index (χ0v) is 13.9. The number of benzene rings is 2. The van der Waals surface area contributed by atoms with Crippen molar-refractivity contribution in [1.82, 2.24) is 0 Å². The predicted molar refractivity (Wildman–Crippen MR) is 86.7 cm³/mol. The van der Waals surface area contributed by atoms with Gasteiger partial charge in [-0.2, -0.15) is 0 Å². The van der Waals surface area contributed by atoms with Crippen LogP contribution in [0.1, 0.15) is 31.9 Å². The second kappa shape index (κ2) is 5.58. The Kier molecular flexibility index (Phi) is 4.21. The number of rotatable bonds is 3. The van der Waals surface area contributed by atoms with Crippen LogP contribution < -0.4 is 4.43 Å². The summed E-state index contributed by atoms with van der Waals surface area (Å²) >= 11 is 0. The van der Waals surface area contributed by atoms with E-state index in [1.165, 1.54) is 5.56 Å². The van der Waals surface area contributed by atoms with E-state index < -0.39 is 9.04 Å². The van der Waals surface area contributed by atoms with Crippen LogP contribution >= 0.6 is 0 Å². The molecule has 0 atom stereocenters. The zero-order valence-electron chi connectivity index (χ0n) is 12.9. The van der Waals surface area contributed by atoms with Gasteiger partial charge >= 0.3 is 0 Å². The molecule has 3 heteroatoms. The minimum absolute atomic E-state index is 0.0378. The molecule has 0 amide bonds. The highest BCUT2D eigenvalue weighted by atomic mass is 28.3. The number of fused-ring (bicyclic) bond motifs is 1. The molecule has 20 heavy (non-hydrogen) atoms. The molecular weight excluding hydrogens is 264 g/mol. The topological polar surface area (TPSA) is 29.5 Å². The lowest BCUT2D eigenvalue weighted by Crippen LogP contribution is -2.18. The molecule has 1 N–H and O–H groups in total. The molecule has 1 radical (unpaired) electrons. The van der Waals surface area contributed by atoms with Crippen LogP contribution in [0.4, 0.5) is 0 Å². The fourth-order valence-corrected chi connectivity index (χ4v) is 2.97. The minimum atomic E-state index is -0.841. The van der Waals surface area contributed by atoms with Crippen molar-refractivity contribution in [2.45, 2.75) is 45.9 Å². The molecule has 0 fully saturated rings. The number of aliphatic hydroxyl groups excluding tert-OH is 1. The van der Waals surface area contributed by atoms with Crippen LogP contribution in [-0.4, -0.2) is 14.1 Å². The molecule has 0 aliphatic heterocycles. The van der Waals surface area contributed by atoms with E-state index in [2.05, 4.69) is 52.1 Å². The fraction of sp³-hybridized carbons (Fsp3) is 0.412. The highest BCUT2D eigenvalue weighted by molar-refractivity contribution is 6.49. The second-order valence-corrected chi connectivity index (χ2v) is 8.44. The Morgan fingerprint density at radius 2 is 1.75 bits per heavy atom. The van der Waals surface area contributed by atoms with Crippen molar-refractivity contribution in [2.24, 2.45) is 0 Å². The lowest BCUT2D eigenvalue weighted by molar-refractivity contribution is 0.282. The summed E-state index contributed by atoms with van der Waals surface area (Å²) < 4.78 is 6.20. The third kappa shape index (κ3) is 3.05. The molecule has 0 heterocycles. The van der Waals surface area contributed by atoms with E-state index in [4.69, 9.17) is 4.43 Å². The highest BCUT2D eigenvalue weighted by Gasteiger charge is 2.21. The maximum absolute atomic E-state index is 9.36. The Morgan fingerprint density at radius 3 is 2.30 bits per heavy atom. The summed E-state index contributed by atoms with van der Waals surface area (Å²) in [7, 11) is -0.841. The van der Waals surface area contributed by atoms with E-state index >= 15 is 0 Å². The third-order valence-electron chi connectivity index (χ3n) is 3.33. The summed E-state index contributed by atoms with van der Waals surface area (Å²) in [5.41, 5.74) is 2.19. The van der Waals surface area contributed by atoms with Crippen LogP contribution in [0, 0.1) is 0 Å². The normalized spacial score (nSPS) is 12.2. The number of hydrogen-bond acceptors (Lipinski definition) is 2. The Hall–Kier alpha value is -1.32. The molecule has 0 saturated heterocycles. The lowest BCUT2D eigenvalue weighted by Gasteiger charge is -2.25. The number of aliphatic hydroxyl groups is 1. The van der Waals surface area contributed by atoms with Gasteiger partial charge in [0.25, 0.3) is 9.04 Å². The fourth-order valence-electron chi connectivity index (χ4n) is 2.34. The summed E-state index contributed by atoms with van der Waals surface area (Å²) in [4.78, 5) is 0. The first-order chi connectivity index (χ1) is 9.32. The van der Waals surface area contributed by atoms with Gasteiger partial charge in [-0.1, -0.05) is 45.0 Å². The minimum Gasteiger partial charge on any atom is -0.542 e. The van der Waals surface area contributed by atoms with Crippen molar-refractivity contribution in [3.8, 4) is 5.75 Å². The summed E-state index contributed by atoms with van der Waals surface area (Å²) in [6.45, 7) is 11.0. The summed E-state index contributed by atoms with van der Waals surface area (Å²) in [6.07, 6.45) is 0. The SMILES string of the molecule is C[Si](C)Oc1c(C(C)(C)C)ccc2ccc(CO)cc12. The molecule has 0 saturated carbocycles. The largest absolute Gasteiger partial charge is 0.542 e. The molecule has 2 nitrogen and oxygen atoms in total. The zero-order chi connectivity index (χ0) is 14.9. The quantitative estimate of drug-likeness (QED) is 0.855. The molecule has 0 spiro atoms. The number of hydrogen-bond donors (Lipinski definition) is 1. The van der Waals surface area contributed by atoms with Crippen LogP contribution in [0.3, 0.4) is 0 Å². The van der Waals surface area contributed by atoms with Crippen LogP contribution in [0.5, 0.6) is 5.75 Å². The van der Waals surface area contributed by atoms with Gasteiger partial charge in [-0.25, -0.2) is 0 Å². The molecule has 0 aliphatic carbocycles. The van der Waals surface area contributed by atoms with Crippen molar-refractivity contribution >= 4 is 19.8 Å². The van der Waals surface area contributed by atoms with Gasteiger partial charge in [-0.15, -0.1) is 0 Å². The maximum atomic E-state index is 9.36. The Labute approximate surface area is 123 Å². The van der Waals surface area contributed by atoms with E-state index in [0.717, 1.165) is 22.1 Å². The molecule has 0 aromatic heterocycles. The Morgan fingerprint density at radius 1 is 1.10 bits per heavy atom. The van der Waals surface area contributed by atoms with Crippen molar-refractivity contribution in [3.63, 3.8) is 0 Å². The van der Waals surface area contributed by atoms with Gasteiger partial charge in [0.15, 0.2) is 0 Å². The van der Waals surface area contributed by atoms with Crippen LogP contribution in [0.25, 0.3) is 10.8 Å². The summed E-state index contributed by atoms with van der Waals surface area (Å²) in [5, 5.41) is 11.6.